The normalized spacial score (nSPS) is 12.9. The molecule has 4 rings (SSSR count). The number of rotatable bonds is 5. The SMILES string of the molecule is O=C(O)Cc1ccc(-c2ccc(F)c3c2CN(C(=O)OCc2ccccc2)CC3)c(F)c1. The number of hydrogen-bond donors (Lipinski definition) is 1. The second-order valence-electron chi connectivity index (χ2n) is 7.65. The van der Waals surface area contributed by atoms with Crippen molar-refractivity contribution in [3.8, 4) is 11.1 Å². The first-order chi connectivity index (χ1) is 15.4. The highest BCUT2D eigenvalue weighted by molar-refractivity contribution is 5.74. The molecule has 0 aliphatic carbocycles. The van der Waals surface area contributed by atoms with Crippen LogP contribution in [0.2, 0.25) is 0 Å². The van der Waals surface area contributed by atoms with Crippen molar-refractivity contribution in [3.05, 3.63) is 94.6 Å². The molecule has 3 aromatic rings. The molecule has 1 N–H and O–H groups in total. The summed E-state index contributed by atoms with van der Waals surface area (Å²) in [6, 6.07) is 16.3. The molecule has 0 bridgehead atoms. The van der Waals surface area contributed by atoms with Gasteiger partial charge in [-0.1, -0.05) is 48.5 Å². The Morgan fingerprint density at radius 3 is 2.38 bits per heavy atom. The summed E-state index contributed by atoms with van der Waals surface area (Å²) in [5.41, 5.74) is 2.87. The highest BCUT2D eigenvalue weighted by atomic mass is 19.1. The molecular weight excluding hydrogens is 416 g/mol. The predicted molar refractivity (Wildman–Crippen MR) is 114 cm³/mol. The maximum atomic E-state index is 14.8. The van der Waals surface area contributed by atoms with Gasteiger partial charge in [0.15, 0.2) is 0 Å². The van der Waals surface area contributed by atoms with Crippen LogP contribution in [0.4, 0.5) is 13.6 Å². The summed E-state index contributed by atoms with van der Waals surface area (Å²) in [5.74, 6) is -2.05. The molecule has 1 aliphatic rings. The van der Waals surface area contributed by atoms with Crippen LogP contribution in [-0.2, 0) is 35.5 Å². The molecule has 1 amide bonds. The summed E-state index contributed by atoms with van der Waals surface area (Å²) in [6.45, 7) is 0.506. The fraction of sp³-hybridized carbons (Fsp3) is 0.200. The Morgan fingerprint density at radius 2 is 1.66 bits per heavy atom. The number of hydrogen-bond acceptors (Lipinski definition) is 3. The van der Waals surface area contributed by atoms with E-state index in [0.29, 0.717) is 28.8 Å². The fourth-order valence-corrected chi connectivity index (χ4v) is 3.91. The summed E-state index contributed by atoms with van der Waals surface area (Å²) in [7, 11) is 0. The zero-order valence-corrected chi connectivity index (χ0v) is 17.2. The first kappa shape index (κ1) is 21.5. The second-order valence-corrected chi connectivity index (χ2v) is 7.65. The summed E-state index contributed by atoms with van der Waals surface area (Å²) >= 11 is 0. The van der Waals surface area contributed by atoms with E-state index >= 15 is 0 Å². The number of amides is 1. The molecule has 0 radical (unpaired) electrons. The number of fused-ring (bicyclic) bond motifs is 1. The topological polar surface area (TPSA) is 66.8 Å². The van der Waals surface area contributed by atoms with E-state index in [1.165, 1.54) is 35.2 Å². The van der Waals surface area contributed by atoms with Crippen LogP contribution in [0.1, 0.15) is 22.3 Å². The van der Waals surface area contributed by atoms with E-state index in [-0.39, 0.29) is 31.6 Å². The quantitative estimate of drug-likeness (QED) is 0.613. The molecule has 164 valence electrons. The number of nitrogens with zero attached hydrogens (tertiary/aromatic N) is 1. The standard InChI is InChI=1S/C25H21F2NO4/c26-22-9-8-18(19-7-6-17(12-23(19)27)13-24(29)30)21-14-28(11-10-20(21)22)25(31)32-15-16-4-2-1-3-5-16/h1-9,12H,10-11,13-15H2,(H,29,30). The molecule has 0 fully saturated rings. The molecule has 32 heavy (non-hydrogen) atoms. The van der Waals surface area contributed by atoms with E-state index in [1.54, 1.807) is 0 Å². The van der Waals surface area contributed by atoms with Crippen LogP contribution in [0.15, 0.2) is 60.7 Å². The molecule has 0 saturated heterocycles. The first-order valence-electron chi connectivity index (χ1n) is 10.2. The minimum absolute atomic E-state index is 0.0896. The maximum absolute atomic E-state index is 14.8. The molecular formula is C25H21F2NO4. The third kappa shape index (κ3) is 4.61. The molecule has 0 aromatic heterocycles. The number of benzene rings is 3. The van der Waals surface area contributed by atoms with Crippen LogP contribution in [-0.4, -0.2) is 28.6 Å². The average molecular weight is 437 g/mol. The molecule has 0 atom stereocenters. The van der Waals surface area contributed by atoms with Crippen molar-refractivity contribution in [3.63, 3.8) is 0 Å². The van der Waals surface area contributed by atoms with Crippen molar-refractivity contribution in [2.45, 2.75) is 26.0 Å². The van der Waals surface area contributed by atoms with Crippen LogP contribution in [0.25, 0.3) is 11.1 Å². The average Bonchev–Trinajstić information content (AvgIpc) is 2.78. The summed E-state index contributed by atoms with van der Waals surface area (Å²) < 4.78 is 34.7. The minimum atomic E-state index is -1.05. The monoisotopic (exact) mass is 437 g/mol. The Kier molecular flexibility index (Phi) is 6.16. The molecule has 0 saturated carbocycles. The van der Waals surface area contributed by atoms with Gasteiger partial charge in [0.05, 0.1) is 6.42 Å². The number of halogens is 2. The number of carboxylic acids is 1. The number of ether oxygens (including phenoxy) is 1. The second kappa shape index (κ2) is 9.18. The third-order valence-corrected chi connectivity index (χ3v) is 5.50. The van der Waals surface area contributed by atoms with E-state index in [9.17, 15) is 18.4 Å². The van der Waals surface area contributed by atoms with Crippen LogP contribution in [0.3, 0.4) is 0 Å². The summed E-state index contributed by atoms with van der Waals surface area (Å²) in [5, 5.41) is 8.92. The van der Waals surface area contributed by atoms with Gasteiger partial charge < -0.3 is 14.7 Å². The van der Waals surface area contributed by atoms with Gasteiger partial charge in [0, 0.05) is 18.7 Å². The lowest BCUT2D eigenvalue weighted by Gasteiger charge is -2.30. The van der Waals surface area contributed by atoms with E-state index in [1.807, 2.05) is 30.3 Å². The number of carbonyl (C=O) groups excluding carboxylic acids is 1. The largest absolute Gasteiger partial charge is 0.481 e. The summed E-state index contributed by atoms with van der Waals surface area (Å²) in [6.07, 6.45) is -0.527. The van der Waals surface area contributed by atoms with E-state index in [2.05, 4.69) is 0 Å². The summed E-state index contributed by atoms with van der Waals surface area (Å²) in [4.78, 5) is 25.0. The van der Waals surface area contributed by atoms with E-state index < -0.39 is 23.7 Å². The lowest BCUT2D eigenvalue weighted by atomic mass is 9.90. The Morgan fingerprint density at radius 1 is 0.906 bits per heavy atom. The van der Waals surface area contributed by atoms with Crippen LogP contribution >= 0.6 is 0 Å². The molecule has 0 unspecified atom stereocenters. The third-order valence-electron chi connectivity index (χ3n) is 5.50. The highest BCUT2D eigenvalue weighted by Crippen LogP contribution is 2.34. The molecule has 3 aromatic carbocycles. The van der Waals surface area contributed by atoms with Crippen molar-refractivity contribution in [2.24, 2.45) is 0 Å². The molecule has 1 heterocycles. The number of carbonyl (C=O) groups is 2. The minimum Gasteiger partial charge on any atom is -0.481 e. The Bertz CT molecular complexity index is 1160. The first-order valence-corrected chi connectivity index (χ1v) is 10.2. The van der Waals surface area contributed by atoms with Crippen molar-refractivity contribution in [1.82, 2.24) is 4.90 Å². The van der Waals surface area contributed by atoms with Crippen LogP contribution in [0, 0.1) is 11.6 Å². The zero-order valence-electron chi connectivity index (χ0n) is 17.2. The van der Waals surface area contributed by atoms with Gasteiger partial charge in [-0.25, -0.2) is 13.6 Å². The van der Waals surface area contributed by atoms with Crippen LogP contribution in [0.5, 0.6) is 0 Å². The number of aliphatic carboxylic acids is 1. The van der Waals surface area contributed by atoms with Gasteiger partial charge in [-0.3, -0.25) is 4.79 Å². The van der Waals surface area contributed by atoms with Gasteiger partial charge in [-0.15, -0.1) is 0 Å². The lowest BCUT2D eigenvalue weighted by Crippen LogP contribution is -2.37. The van der Waals surface area contributed by atoms with Crippen LogP contribution < -0.4 is 0 Å². The van der Waals surface area contributed by atoms with Gasteiger partial charge >= 0.3 is 12.1 Å². The van der Waals surface area contributed by atoms with Crippen molar-refractivity contribution in [1.29, 1.82) is 0 Å². The van der Waals surface area contributed by atoms with Gasteiger partial charge in [0.2, 0.25) is 0 Å². The highest BCUT2D eigenvalue weighted by Gasteiger charge is 2.27. The Balaban J connectivity index is 1.58. The van der Waals surface area contributed by atoms with Gasteiger partial charge in [-0.05, 0) is 46.4 Å². The van der Waals surface area contributed by atoms with Gasteiger partial charge in [0.25, 0.3) is 0 Å². The number of carboxylic acid groups (broad SMARTS) is 1. The molecule has 7 heteroatoms. The van der Waals surface area contributed by atoms with Crippen molar-refractivity contribution in [2.75, 3.05) is 6.54 Å². The van der Waals surface area contributed by atoms with Crippen molar-refractivity contribution >= 4 is 12.1 Å². The van der Waals surface area contributed by atoms with E-state index in [4.69, 9.17) is 9.84 Å². The Hall–Kier alpha value is -3.74. The molecule has 1 aliphatic heterocycles. The van der Waals surface area contributed by atoms with Gasteiger partial charge in [-0.2, -0.15) is 0 Å². The van der Waals surface area contributed by atoms with Crippen molar-refractivity contribution < 1.29 is 28.2 Å². The lowest BCUT2D eigenvalue weighted by molar-refractivity contribution is -0.136. The van der Waals surface area contributed by atoms with E-state index in [0.717, 1.165) is 5.56 Å². The molecule has 0 spiro atoms. The zero-order chi connectivity index (χ0) is 22.7. The maximum Gasteiger partial charge on any atom is 0.410 e. The predicted octanol–water partition coefficient (Wildman–Crippen LogP) is 4.95. The Labute approximate surface area is 183 Å². The van der Waals surface area contributed by atoms with Gasteiger partial charge in [0.1, 0.15) is 18.2 Å². The molecule has 5 nitrogen and oxygen atoms in total. The fourth-order valence-electron chi connectivity index (χ4n) is 3.91. The smallest absolute Gasteiger partial charge is 0.410 e.